The van der Waals surface area contributed by atoms with E-state index in [1.807, 2.05) is 18.2 Å². The molecule has 6 heteroatoms. The van der Waals surface area contributed by atoms with Gasteiger partial charge in [0.2, 0.25) is 5.91 Å². The van der Waals surface area contributed by atoms with Gasteiger partial charge < -0.3 is 10.2 Å². The molecule has 2 amide bonds. The van der Waals surface area contributed by atoms with E-state index >= 15 is 0 Å². The van der Waals surface area contributed by atoms with Crippen molar-refractivity contribution >= 4 is 49.4 Å². The lowest BCUT2D eigenvalue weighted by molar-refractivity contribution is -0.128. The molecule has 19 heavy (non-hydrogen) atoms. The quantitative estimate of drug-likeness (QED) is 0.802. The number of amides is 2. The van der Waals surface area contributed by atoms with Gasteiger partial charge in [-0.15, -0.1) is 0 Å². The number of carbonyl (C=O) groups is 2. The first-order chi connectivity index (χ1) is 8.81. The molecular formula is C13H14Br2N2O2. The van der Waals surface area contributed by atoms with Crippen LogP contribution < -0.4 is 10.2 Å². The van der Waals surface area contributed by atoms with Gasteiger partial charge in [-0.2, -0.15) is 0 Å². The fourth-order valence-electron chi connectivity index (χ4n) is 2.05. The van der Waals surface area contributed by atoms with Crippen molar-refractivity contribution < 1.29 is 9.59 Å². The van der Waals surface area contributed by atoms with E-state index in [4.69, 9.17) is 0 Å². The Morgan fingerprint density at radius 2 is 1.95 bits per heavy atom. The number of nitrogens with zero attached hydrogens (tertiary/aromatic N) is 1. The average molecular weight is 390 g/mol. The van der Waals surface area contributed by atoms with Crippen LogP contribution in [0.5, 0.6) is 0 Å². The van der Waals surface area contributed by atoms with Gasteiger partial charge in [-0.1, -0.05) is 15.9 Å². The first kappa shape index (κ1) is 14.5. The Morgan fingerprint density at radius 3 is 2.58 bits per heavy atom. The van der Waals surface area contributed by atoms with E-state index in [2.05, 4.69) is 37.2 Å². The Balaban J connectivity index is 2.42. The molecule has 0 spiro atoms. The van der Waals surface area contributed by atoms with Crippen molar-refractivity contribution in [3.8, 4) is 0 Å². The molecule has 2 rings (SSSR count). The zero-order chi connectivity index (χ0) is 14.2. The van der Waals surface area contributed by atoms with Gasteiger partial charge >= 0.3 is 0 Å². The summed E-state index contributed by atoms with van der Waals surface area (Å²) in [6, 6.07) is 5.62. The summed E-state index contributed by atoms with van der Waals surface area (Å²) in [4.78, 5) is 25.8. The third-order valence-corrected chi connectivity index (χ3v) is 4.12. The summed E-state index contributed by atoms with van der Waals surface area (Å²) in [6.45, 7) is 3.82. The molecule has 102 valence electrons. The van der Waals surface area contributed by atoms with E-state index in [-0.39, 0.29) is 11.8 Å². The van der Waals surface area contributed by atoms with Crippen molar-refractivity contribution in [2.45, 2.75) is 25.8 Å². The molecule has 1 aliphatic rings. The highest BCUT2D eigenvalue weighted by molar-refractivity contribution is 9.11. The van der Waals surface area contributed by atoms with Crippen LogP contribution in [-0.4, -0.2) is 23.9 Å². The van der Waals surface area contributed by atoms with Crippen molar-refractivity contribution in [2.24, 2.45) is 0 Å². The van der Waals surface area contributed by atoms with Crippen LogP contribution in [0.25, 0.3) is 0 Å². The number of benzene rings is 1. The molecule has 0 aliphatic carbocycles. The molecule has 4 nitrogen and oxygen atoms in total. The minimum Gasteiger partial charge on any atom is -0.342 e. The second-order valence-corrected chi connectivity index (χ2v) is 6.75. The highest BCUT2D eigenvalue weighted by atomic mass is 79.9. The molecule has 0 bridgehead atoms. The van der Waals surface area contributed by atoms with Crippen LogP contribution in [-0.2, 0) is 9.59 Å². The number of hydrogen-bond acceptors (Lipinski definition) is 2. The van der Waals surface area contributed by atoms with Crippen LogP contribution in [0.3, 0.4) is 0 Å². The number of rotatable bonds is 1. The molecule has 0 saturated carbocycles. The predicted molar refractivity (Wildman–Crippen MR) is 81.0 cm³/mol. The largest absolute Gasteiger partial charge is 0.342 e. The smallest absolute Gasteiger partial charge is 0.252 e. The standard InChI is InChI=1S/C13H14Br2N2O2/c1-13(2)12(19)17(6-5-11(18)16-13)10-4-3-8(14)7-9(10)15/h3-4,7H,5-6H2,1-2H3,(H,16,18). The Labute approximate surface area is 128 Å². The third-order valence-electron chi connectivity index (χ3n) is 2.99. The Morgan fingerprint density at radius 1 is 1.26 bits per heavy atom. The number of carbonyl (C=O) groups excluding carboxylic acids is 2. The van der Waals surface area contributed by atoms with Crippen LogP contribution >= 0.6 is 31.9 Å². The van der Waals surface area contributed by atoms with Crippen LogP contribution in [0.4, 0.5) is 5.69 Å². The Bertz CT molecular complexity index is 543. The van der Waals surface area contributed by atoms with E-state index in [0.29, 0.717) is 13.0 Å². The number of hydrogen-bond donors (Lipinski definition) is 1. The van der Waals surface area contributed by atoms with Crippen LogP contribution in [0, 0.1) is 0 Å². The molecule has 0 radical (unpaired) electrons. The van der Waals surface area contributed by atoms with Crippen molar-refractivity contribution in [2.75, 3.05) is 11.4 Å². The predicted octanol–water partition coefficient (Wildman–Crippen LogP) is 2.84. The summed E-state index contributed by atoms with van der Waals surface area (Å²) >= 11 is 6.84. The fourth-order valence-corrected chi connectivity index (χ4v) is 3.31. The lowest BCUT2D eigenvalue weighted by Gasteiger charge is -2.29. The molecule has 1 fully saturated rings. The molecule has 1 aliphatic heterocycles. The highest BCUT2D eigenvalue weighted by Crippen LogP contribution is 2.31. The maximum atomic E-state index is 12.5. The third kappa shape index (κ3) is 3.00. The zero-order valence-corrected chi connectivity index (χ0v) is 13.8. The first-order valence-electron chi connectivity index (χ1n) is 5.89. The van der Waals surface area contributed by atoms with Crippen LogP contribution in [0.1, 0.15) is 20.3 Å². The lowest BCUT2D eigenvalue weighted by Crippen LogP contribution is -2.53. The summed E-state index contributed by atoms with van der Waals surface area (Å²) < 4.78 is 1.75. The van der Waals surface area contributed by atoms with Gasteiger partial charge in [-0.05, 0) is 48.0 Å². The minimum absolute atomic E-state index is 0.103. The van der Waals surface area contributed by atoms with Gasteiger partial charge in [0.25, 0.3) is 5.91 Å². The van der Waals surface area contributed by atoms with Gasteiger partial charge in [0.15, 0.2) is 0 Å². The average Bonchev–Trinajstić information content (AvgIpc) is 2.38. The molecule has 1 saturated heterocycles. The van der Waals surface area contributed by atoms with E-state index in [9.17, 15) is 9.59 Å². The number of anilines is 1. The van der Waals surface area contributed by atoms with E-state index < -0.39 is 5.54 Å². The first-order valence-corrected chi connectivity index (χ1v) is 7.48. The van der Waals surface area contributed by atoms with Gasteiger partial charge in [0.05, 0.1) is 5.69 Å². The summed E-state index contributed by atoms with van der Waals surface area (Å²) in [5.74, 6) is -0.213. The van der Waals surface area contributed by atoms with Crippen LogP contribution in [0.15, 0.2) is 27.1 Å². The Kier molecular flexibility index (Phi) is 4.01. The second-order valence-electron chi connectivity index (χ2n) is 4.98. The molecule has 1 aromatic carbocycles. The SMILES string of the molecule is CC1(C)NC(=O)CCN(c2ccc(Br)cc2Br)C1=O. The zero-order valence-electron chi connectivity index (χ0n) is 10.7. The topological polar surface area (TPSA) is 49.4 Å². The lowest BCUT2D eigenvalue weighted by atomic mass is 10.0. The monoisotopic (exact) mass is 388 g/mol. The minimum atomic E-state index is -0.889. The van der Waals surface area contributed by atoms with Gasteiger partial charge in [-0.3, -0.25) is 9.59 Å². The summed E-state index contributed by atoms with van der Waals surface area (Å²) in [6.07, 6.45) is 0.303. The molecule has 1 heterocycles. The molecule has 1 aromatic rings. The second kappa shape index (κ2) is 5.25. The van der Waals surface area contributed by atoms with Crippen molar-refractivity contribution in [3.63, 3.8) is 0 Å². The van der Waals surface area contributed by atoms with Gasteiger partial charge in [0, 0.05) is 21.9 Å². The molecular weight excluding hydrogens is 376 g/mol. The van der Waals surface area contributed by atoms with Gasteiger partial charge in [-0.25, -0.2) is 0 Å². The summed E-state index contributed by atoms with van der Waals surface area (Å²) in [5, 5.41) is 2.74. The van der Waals surface area contributed by atoms with Crippen molar-refractivity contribution in [3.05, 3.63) is 27.1 Å². The van der Waals surface area contributed by atoms with Crippen molar-refractivity contribution in [1.29, 1.82) is 0 Å². The normalized spacial score (nSPS) is 19.1. The summed E-state index contributed by atoms with van der Waals surface area (Å²) in [5.41, 5.74) is -0.113. The molecule has 0 atom stereocenters. The fraction of sp³-hybridized carbons (Fsp3) is 0.385. The van der Waals surface area contributed by atoms with E-state index in [1.54, 1.807) is 18.7 Å². The van der Waals surface area contributed by atoms with E-state index in [0.717, 1.165) is 14.6 Å². The maximum Gasteiger partial charge on any atom is 0.252 e. The number of nitrogens with one attached hydrogen (secondary N) is 1. The maximum absolute atomic E-state index is 12.5. The Hall–Kier alpha value is -0.880. The number of halogens is 2. The molecule has 0 unspecified atom stereocenters. The summed E-state index contributed by atoms with van der Waals surface area (Å²) in [7, 11) is 0. The van der Waals surface area contributed by atoms with E-state index in [1.165, 1.54) is 0 Å². The molecule has 1 N–H and O–H groups in total. The highest BCUT2D eigenvalue weighted by Gasteiger charge is 2.37. The van der Waals surface area contributed by atoms with Crippen molar-refractivity contribution in [1.82, 2.24) is 5.32 Å². The van der Waals surface area contributed by atoms with Crippen LogP contribution in [0.2, 0.25) is 0 Å². The molecule has 0 aromatic heterocycles. The van der Waals surface area contributed by atoms with Gasteiger partial charge in [0.1, 0.15) is 5.54 Å².